The molecular weight excluding hydrogens is 290 g/mol. The normalized spacial score (nSPS) is 13.0. The van der Waals surface area contributed by atoms with E-state index in [9.17, 15) is 9.90 Å². The van der Waals surface area contributed by atoms with Crippen LogP contribution in [0.1, 0.15) is 27.5 Å². The van der Waals surface area contributed by atoms with E-state index in [-0.39, 0.29) is 18.0 Å². The molecular formula is C16H18ClNO3. The zero-order valence-electron chi connectivity index (χ0n) is 11.3. The second-order valence-electron chi connectivity index (χ2n) is 4.71. The van der Waals surface area contributed by atoms with Crippen molar-refractivity contribution in [2.75, 3.05) is 0 Å². The van der Waals surface area contributed by atoms with E-state index >= 15 is 0 Å². The summed E-state index contributed by atoms with van der Waals surface area (Å²) in [5.41, 5.74) is 7.95. The second-order valence-corrected chi connectivity index (χ2v) is 4.71. The Kier molecular flexibility index (Phi) is 6.37. The largest absolute Gasteiger partial charge is 0.478 e. The Morgan fingerprint density at radius 1 is 1.05 bits per heavy atom. The third-order valence-corrected chi connectivity index (χ3v) is 3.24. The van der Waals surface area contributed by atoms with Gasteiger partial charge in [-0.05, 0) is 23.3 Å². The molecule has 0 aliphatic heterocycles. The molecule has 2 rings (SSSR count). The minimum atomic E-state index is -0.977. The SMILES string of the molecule is Cl.N[C@@H](c1ccc(C(=O)O)cc1)[C@H](O)Cc1ccccc1. The summed E-state index contributed by atoms with van der Waals surface area (Å²) in [4.78, 5) is 10.8. The number of aliphatic hydroxyl groups excluding tert-OH is 1. The highest BCUT2D eigenvalue weighted by Gasteiger charge is 2.17. The highest BCUT2D eigenvalue weighted by Crippen LogP contribution is 2.18. The van der Waals surface area contributed by atoms with E-state index in [1.165, 1.54) is 12.1 Å². The van der Waals surface area contributed by atoms with Gasteiger partial charge in [0.05, 0.1) is 17.7 Å². The molecule has 0 bridgehead atoms. The van der Waals surface area contributed by atoms with Gasteiger partial charge < -0.3 is 15.9 Å². The molecule has 0 unspecified atom stereocenters. The predicted molar refractivity (Wildman–Crippen MR) is 83.7 cm³/mol. The lowest BCUT2D eigenvalue weighted by Crippen LogP contribution is -2.28. The first-order chi connectivity index (χ1) is 9.58. The van der Waals surface area contributed by atoms with Crippen molar-refractivity contribution in [3.8, 4) is 0 Å². The van der Waals surface area contributed by atoms with Crippen molar-refractivity contribution in [1.29, 1.82) is 0 Å². The van der Waals surface area contributed by atoms with Gasteiger partial charge in [-0.15, -0.1) is 12.4 Å². The van der Waals surface area contributed by atoms with Gasteiger partial charge in [0.25, 0.3) is 0 Å². The van der Waals surface area contributed by atoms with Gasteiger partial charge in [-0.2, -0.15) is 0 Å². The average Bonchev–Trinajstić information content (AvgIpc) is 2.47. The Balaban J connectivity index is 0.00000220. The molecule has 2 aromatic rings. The number of carboxylic acid groups (broad SMARTS) is 1. The van der Waals surface area contributed by atoms with E-state index in [1.54, 1.807) is 12.1 Å². The molecule has 0 aliphatic carbocycles. The van der Waals surface area contributed by atoms with Crippen molar-refractivity contribution in [3.05, 3.63) is 71.3 Å². The number of halogens is 1. The molecule has 2 atom stereocenters. The molecule has 0 aromatic heterocycles. The third kappa shape index (κ3) is 4.56. The molecule has 0 amide bonds. The zero-order chi connectivity index (χ0) is 14.5. The van der Waals surface area contributed by atoms with Crippen molar-refractivity contribution in [3.63, 3.8) is 0 Å². The maximum absolute atomic E-state index is 10.8. The Bertz CT molecular complexity index is 572. The summed E-state index contributed by atoms with van der Waals surface area (Å²) in [6, 6.07) is 15.3. The lowest BCUT2D eigenvalue weighted by Gasteiger charge is -2.19. The number of aliphatic hydroxyl groups is 1. The standard InChI is InChI=1S/C16H17NO3.ClH/c17-15(12-6-8-13(9-7-12)16(19)20)14(18)10-11-4-2-1-3-5-11;/h1-9,14-15,18H,10,17H2,(H,19,20);1H/t14-,15+;/m1./s1. The minimum Gasteiger partial charge on any atom is -0.478 e. The first-order valence-electron chi connectivity index (χ1n) is 6.39. The Morgan fingerprint density at radius 3 is 2.14 bits per heavy atom. The first-order valence-corrected chi connectivity index (χ1v) is 6.39. The molecule has 5 heteroatoms. The third-order valence-electron chi connectivity index (χ3n) is 3.24. The van der Waals surface area contributed by atoms with Crippen LogP contribution in [0.2, 0.25) is 0 Å². The predicted octanol–water partition coefficient (Wildman–Crippen LogP) is 2.41. The van der Waals surface area contributed by atoms with Crippen LogP contribution in [-0.2, 0) is 6.42 Å². The summed E-state index contributed by atoms with van der Waals surface area (Å²) in [5.74, 6) is -0.977. The number of benzene rings is 2. The van der Waals surface area contributed by atoms with Crippen LogP contribution in [0.5, 0.6) is 0 Å². The Labute approximate surface area is 129 Å². The summed E-state index contributed by atoms with van der Waals surface area (Å²) in [6.07, 6.45) is -0.254. The molecule has 0 fully saturated rings. The van der Waals surface area contributed by atoms with E-state index in [0.717, 1.165) is 11.1 Å². The fraction of sp³-hybridized carbons (Fsp3) is 0.188. The fourth-order valence-electron chi connectivity index (χ4n) is 2.05. The Hall–Kier alpha value is -1.88. The van der Waals surface area contributed by atoms with Gasteiger partial charge in [0, 0.05) is 6.42 Å². The van der Waals surface area contributed by atoms with E-state index in [2.05, 4.69) is 0 Å². The van der Waals surface area contributed by atoms with Crippen LogP contribution in [0, 0.1) is 0 Å². The molecule has 0 radical (unpaired) electrons. The molecule has 21 heavy (non-hydrogen) atoms. The van der Waals surface area contributed by atoms with Crippen LogP contribution < -0.4 is 5.73 Å². The van der Waals surface area contributed by atoms with Crippen molar-refractivity contribution in [1.82, 2.24) is 0 Å². The smallest absolute Gasteiger partial charge is 0.335 e. The quantitative estimate of drug-likeness (QED) is 0.792. The molecule has 0 aliphatic rings. The van der Waals surface area contributed by atoms with Gasteiger partial charge in [-0.25, -0.2) is 4.79 Å². The van der Waals surface area contributed by atoms with Crippen molar-refractivity contribution >= 4 is 18.4 Å². The van der Waals surface area contributed by atoms with Gasteiger partial charge >= 0.3 is 5.97 Å². The van der Waals surface area contributed by atoms with E-state index < -0.39 is 18.1 Å². The van der Waals surface area contributed by atoms with Crippen LogP contribution in [0.25, 0.3) is 0 Å². The molecule has 112 valence electrons. The van der Waals surface area contributed by atoms with Crippen LogP contribution in [0.3, 0.4) is 0 Å². The van der Waals surface area contributed by atoms with Gasteiger partial charge in [0.15, 0.2) is 0 Å². The maximum atomic E-state index is 10.8. The molecule has 0 spiro atoms. The Morgan fingerprint density at radius 2 is 1.62 bits per heavy atom. The van der Waals surface area contributed by atoms with E-state index in [1.807, 2.05) is 30.3 Å². The summed E-state index contributed by atoms with van der Waals surface area (Å²) < 4.78 is 0. The van der Waals surface area contributed by atoms with Gasteiger partial charge in [0.2, 0.25) is 0 Å². The van der Waals surface area contributed by atoms with Crippen molar-refractivity contribution < 1.29 is 15.0 Å². The van der Waals surface area contributed by atoms with E-state index in [4.69, 9.17) is 10.8 Å². The molecule has 4 nitrogen and oxygen atoms in total. The maximum Gasteiger partial charge on any atom is 0.335 e. The molecule has 0 saturated carbocycles. The average molecular weight is 308 g/mol. The highest BCUT2D eigenvalue weighted by atomic mass is 35.5. The number of carbonyl (C=O) groups is 1. The molecule has 2 aromatic carbocycles. The van der Waals surface area contributed by atoms with Crippen molar-refractivity contribution in [2.45, 2.75) is 18.6 Å². The summed E-state index contributed by atoms with van der Waals surface area (Å²) >= 11 is 0. The van der Waals surface area contributed by atoms with Crippen LogP contribution >= 0.6 is 12.4 Å². The number of hydrogen-bond donors (Lipinski definition) is 3. The summed E-state index contributed by atoms with van der Waals surface area (Å²) in [5, 5.41) is 19.0. The number of nitrogens with two attached hydrogens (primary N) is 1. The molecule has 4 N–H and O–H groups in total. The molecule has 0 heterocycles. The van der Waals surface area contributed by atoms with Gasteiger partial charge in [-0.1, -0.05) is 42.5 Å². The topological polar surface area (TPSA) is 83.6 Å². The second kappa shape index (κ2) is 7.78. The van der Waals surface area contributed by atoms with Crippen molar-refractivity contribution in [2.24, 2.45) is 5.73 Å². The lowest BCUT2D eigenvalue weighted by atomic mass is 9.96. The van der Waals surface area contributed by atoms with Gasteiger partial charge in [0.1, 0.15) is 0 Å². The highest BCUT2D eigenvalue weighted by molar-refractivity contribution is 5.87. The summed E-state index contributed by atoms with van der Waals surface area (Å²) in [7, 11) is 0. The number of hydrogen-bond acceptors (Lipinski definition) is 3. The summed E-state index contributed by atoms with van der Waals surface area (Å²) in [6.45, 7) is 0. The van der Waals surface area contributed by atoms with Crippen LogP contribution in [0.15, 0.2) is 54.6 Å². The van der Waals surface area contributed by atoms with Crippen LogP contribution in [0.4, 0.5) is 0 Å². The molecule has 0 saturated heterocycles. The first kappa shape index (κ1) is 17.2. The zero-order valence-corrected chi connectivity index (χ0v) is 12.2. The number of aromatic carboxylic acids is 1. The van der Waals surface area contributed by atoms with Gasteiger partial charge in [-0.3, -0.25) is 0 Å². The fourth-order valence-corrected chi connectivity index (χ4v) is 2.05. The monoisotopic (exact) mass is 307 g/mol. The van der Waals surface area contributed by atoms with Crippen LogP contribution in [-0.4, -0.2) is 22.3 Å². The number of carboxylic acids is 1. The lowest BCUT2D eigenvalue weighted by molar-refractivity contribution is 0.0697. The minimum absolute atomic E-state index is 0. The number of rotatable bonds is 5. The van der Waals surface area contributed by atoms with E-state index in [0.29, 0.717) is 6.42 Å².